The molecule has 2 N–H and O–H groups in total. The zero-order valence-electron chi connectivity index (χ0n) is 16.6. The summed E-state index contributed by atoms with van der Waals surface area (Å²) in [5.41, 5.74) is 2.39. The zero-order chi connectivity index (χ0) is 18.3. The van der Waals surface area contributed by atoms with Crippen molar-refractivity contribution in [3.8, 4) is 5.75 Å². The van der Waals surface area contributed by atoms with E-state index in [0.717, 1.165) is 56.7 Å². The molecule has 148 valence electrons. The molecule has 0 saturated carbocycles. The average molecular weight is 476 g/mol. The van der Waals surface area contributed by atoms with Crippen LogP contribution in [0.5, 0.6) is 5.75 Å². The molecule has 0 bridgehead atoms. The second-order valence-corrected chi connectivity index (χ2v) is 7.00. The number of aliphatic imine (C=N–C) groups is 1. The van der Waals surface area contributed by atoms with E-state index in [0.29, 0.717) is 0 Å². The fraction of sp³-hybridized carbons (Fsp3) is 0.632. The van der Waals surface area contributed by atoms with Crippen molar-refractivity contribution in [2.45, 2.75) is 32.9 Å². The molecule has 0 atom stereocenters. The summed E-state index contributed by atoms with van der Waals surface area (Å²) in [6, 6.07) is 6.21. The highest BCUT2D eigenvalue weighted by Gasteiger charge is 2.28. The van der Waals surface area contributed by atoms with Crippen molar-refractivity contribution >= 4 is 29.9 Å². The lowest BCUT2D eigenvalue weighted by atomic mass is 10.0. The second kappa shape index (κ2) is 10.9. The molecular weight excluding hydrogens is 443 g/mol. The van der Waals surface area contributed by atoms with Gasteiger partial charge in [0.15, 0.2) is 5.96 Å². The first-order chi connectivity index (χ1) is 12.0. The van der Waals surface area contributed by atoms with E-state index in [9.17, 15) is 0 Å². The summed E-state index contributed by atoms with van der Waals surface area (Å²) in [5, 5.41) is 6.83. The number of nitrogens with one attached hydrogen (secondary N) is 2. The van der Waals surface area contributed by atoms with Gasteiger partial charge in [-0.25, -0.2) is 0 Å². The number of nitrogens with zero attached hydrogens (tertiary/aromatic N) is 2. The summed E-state index contributed by atoms with van der Waals surface area (Å²) in [6.45, 7) is 11.7. The third kappa shape index (κ3) is 6.59. The summed E-state index contributed by atoms with van der Waals surface area (Å²) in [6.07, 6.45) is 0. The molecule has 0 unspecified atom stereocenters. The first-order valence-electron chi connectivity index (χ1n) is 8.87. The summed E-state index contributed by atoms with van der Waals surface area (Å²) in [7, 11) is 3.50. The minimum Gasteiger partial charge on any atom is -0.496 e. The molecule has 0 spiro atoms. The first kappa shape index (κ1) is 23.0. The Morgan fingerprint density at radius 1 is 1.27 bits per heavy atom. The summed E-state index contributed by atoms with van der Waals surface area (Å²) >= 11 is 0. The van der Waals surface area contributed by atoms with Gasteiger partial charge < -0.3 is 20.1 Å². The zero-order valence-corrected chi connectivity index (χ0v) is 18.9. The highest BCUT2D eigenvalue weighted by molar-refractivity contribution is 14.0. The van der Waals surface area contributed by atoms with E-state index < -0.39 is 0 Å². The average Bonchev–Trinajstić information content (AvgIpc) is 2.62. The smallest absolute Gasteiger partial charge is 0.191 e. The van der Waals surface area contributed by atoms with Crippen molar-refractivity contribution in [1.82, 2.24) is 15.5 Å². The molecule has 1 aliphatic heterocycles. The number of hydrogen-bond donors (Lipinski definition) is 2. The van der Waals surface area contributed by atoms with Crippen LogP contribution in [0.25, 0.3) is 0 Å². The van der Waals surface area contributed by atoms with Gasteiger partial charge in [0.2, 0.25) is 0 Å². The van der Waals surface area contributed by atoms with Gasteiger partial charge in [0, 0.05) is 38.8 Å². The number of rotatable bonds is 6. The lowest BCUT2D eigenvalue weighted by molar-refractivity contribution is -0.00834. The number of halogens is 1. The first-order valence-corrected chi connectivity index (χ1v) is 8.87. The summed E-state index contributed by atoms with van der Waals surface area (Å²) < 4.78 is 10.8. The number of hydrogen-bond acceptors (Lipinski definition) is 4. The van der Waals surface area contributed by atoms with Crippen LogP contribution in [0.1, 0.15) is 25.0 Å². The Morgan fingerprint density at radius 2 is 1.96 bits per heavy atom. The second-order valence-electron chi connectivity index (χ2n) is 7.00. The van der Waals surface area contributed by atoms with Gasteiger partial charge in [-0.3, -0.25) is 9.89 Å². The molecule has 1 fully saturated rings. The topological polar surface area (TPSA) is 58.1 Å². The van der Waals surface area contributed by atoms with Crippen LogP contribution in [0.4, 0.5) is 0 Å². The molecule has 6 nitrogen and oxygen atoms in total. The summed E-state index contributed by atoms with van der Waals surface area (Å²) in [5.74, 6) is 1.73. The molecule has 1 heterocycles. The van der Waals surface area contributed by atoms with Gasteiger partial charge in [-0.15, -0.1) is 24.0 Å². The molecule has 0 amide bonds. The Labute approximate surface area is 174 Å². The maximum atomic E-state index is 5.45. The Kier molecular flexibility index (Phi) is 9.67. The summed E-state index contributed by atoms with van der Waals surface area (Å²) in [4.78, 5) is 6.80. The molecule has 1 aromatic rings. The number of aryl methyl sites for hydroxylation is 1. The molecule has 26 heavy (non-hydrogen) atoms. The van der Waals surface area contributed by atoms with Crippen molar-refractivity contribution in [2.24, 2.45) is 4.99 Å². The molecule has 1 aromatic carbocycles. The number of guanidine groups is 1. The number of benzene rings is 1. The molecule has 7 heteroatoms. The van der Waals surface area contributed by atoms with E-state index in [2.05, 4.69) is 53.4 Å². The Balaban J connectivity index is 0.00000338. The van der Waals surface area contributed by atoms with Crippen molar-refractivity contribution in [3.05, 3.63) is 29.3 Å². The highest BCUT2D eigenvalue weighted by Crippen LogP contribution is 2.18. The van der Waals surface area contributed by atoms with Gasteiger partial charge in [-0.1, -0.05) is 12.1 Å². The minimum absolute atomic E-state index is 0. The fourth-order valence-electron chi connectivity index (χ4n) is 3.04. The van der Waals surface area contributed by atoms with Gasteiger partial charge in [0.25, 0.3) is 0 Å². The number of ether oxygens (including phenoxy) is 2. The minimum atomic E-state index is 0. The molecule has 2 rings (SSSR count). The predicted molar refractivity (Wildman–Crippen MR) is 118 cm³/mol. The molecule has 0 aliphatic carbocycles. The third-order valence-electron chi connectivity index (χ3n) is 4.70. The van der Waals surface area contributed by atoms with Gasteiger partial charge in [0.1, 0.15) is 5.75 Å². The highest BCUT2D eigenvalue weighted by atomic mass is 127. The van der Waals surface area contributed by atoms with Crippen molar-refractivity contribution < 1.29 is 9.47 Å². The quantitative estimate of drug-likeness (QED) is 0.375. The van der Waals surface area contributed by atoms with Crippen molar-refractivity contribution in [2.75, 3.05) is 47.0 Å². The molecular formula is C19H33IN4O2. The van der Waals surface area contributed by atoms with E-state index in [1.165, 1.54) is 5.56 Å². The van der Waals surface area contributed by atoms with Gasteiger partial charge >= 0.3 is 0 Å². The van der Waals surface area contributed by atoms with Gasteiger partial charge in [-0.05, 0) is 38.0 Å². The van der Waals surface area contributed by atoms with Crippen molar-refractivity contribution in [3.63, 3.8) is 0 Å². The largest absolute Gasteiger partial charge is 0.496 e. The molecule has 1 saturated heterocycles. The lowest BCUT2D eigenvalue weighted by Gasteiger charge is -2.41. The predicted octanol–water partition coefficient (Wildman–Crippen LogP) is 2.40. The van der Waals surface area contributed by atoms with Crippen molar-refractivity contribution in [1.29, 1.82) is 0 Å². The van der Waals surface area contributed by atoms with Crippen LogP contribution in [0.3, 0.4) is 0 Å². The fourth-order valence-corrected chi connectivity index (χ4v) is 3.04. The van der Waals surface area contributed by atoms with Crippen LogP contribution in [0, 0.1) is 6.92 Å². The third-order valence-corrected chi connectivity index (χ3v) is 4.70. The molecule has 0 radical (unpaired) electrons. The Morgan fingerprint density at radius 3 is 2.54 bits per heavy atom. The van der Waals surface area contributed by atoms with E-state index in [1.54, 1.807) is 14.2 Å². The van der Waals surface area contributed by atoms with E-state index in [4.69, 9.17) is 9.47 Å². The van der Waals surface area contributed by atoms with E-state index >= 15 is 0 Å². The Bertz CT molecular complexity index is 587. The van der Waals surface area contributed by atoms with Crippen LogP contribution in [0.2, 0.25) is 0 Å². The molecule has 1 aliphatic rings. The van der Waals surface area contributed by atoms with Gasteiger partial charge in [-0.2, -0.15) is 0 Å². The Hall–Kier alpha value is -1.06. The normalized spacial score (nSPS) is 16.0. The lowest BCUT2D eigenvalue weighted by Crippen LogP contribution is -2.56. The molecule has 0 aromatic heterocycles. The van der Waals surface area contributed by atoms with E-state index in [1.807, 2.05) is 6.07 Å². The number of morpholine rings is 1. The SMILES string of the molecule is CN=C(NCc1ccc(OC)c(C)c1)NCC(C)(C)N1CCOCC1.I. The maximum Gasteiger partial charge on any atom is 0.191 e. The monoisotopic (exact) mass is 476 g/mol. The van der Waals surface area contributed by atoms with Gasteiger partial charge in [0.05, 0.1) is 20.3 Å². The van der Waals surface area contributed by atoms with Crippen LogP contribution in [-0.4, -0.2) is 63.4 Å². The van der Waals surface area contributed by atoms with Crippen LogP contribution >= 0.6 is 24.0 Å². The number of methoxy groups -OCH3 is 1. The maximum absolute atomic E-state index is 5.45. The standard InChI is InChI=1S/C19H32N4O2.HI/c1-15-12-16(6-7-17(15)24-5)13-21-18(20-4)22-14-19(2,3)23-8-10-25-11-9-23;/h6-7,12H,8-11,13-14H2,1-5H3,(H2,20,21,22);1H. The van der Waals surface area contributed by atoms with Crippen LogP contribution < -0.4 is 15.4 Å². The van der Waals surface area contributed by atoms with Crippen LogP contribution in [0.15, 0.2) is 23.2 Å². The van der Waals surface area contributed by atoms with E-state index in [-0.39, 0.29) is 29.5 Å². The van der Waals surface area contributed by atoms with Crippen LogP contribution in [-0.2, 0) is 11.3 Å².